The van der Waals surface area contributed by atoms with Gasteiger partial charge in [-0.2, -0.15) is 0 Å². The van der Waals surface area contributed by atoms with Crippen molar-refractivity contribution in [3.05, 3.63) is 42.5 Å². The molecule has 0 aliphatic rings. The normalized spacial score (nSPS) is 7.82. The molecule has 1 aromatic rings. The first-order valence-corrected chi connectivity index (χ1v) is 3.20. The molecule has 0 saturated carbocycles. The molecule has 1 aromatic carbocycles. The van der Waals surface area contributed by atoms with Gasteiger partial charge in [0.15, 0.2) is 0 Å². The van der Waals surface area contributed by atoms with Gasteiger partial charge >= 0.3 is 0 Å². The molecule has 2 heteroatoms. The highest BCUT2D eigenvalue weighted by molar-refractivity contribution is 5.45. The molecule has 0 atom stereocenters. The summed E-state index contributed by atoms with van der Waals surface area (Å²) in [5.41, 5.74) is 1.17. The average molecular weight is 152 g/mol. The van der Waals surface area contributed by atoms with Gasteiger partial charge < -0.3 is 0 Å². The Morgan fingerprint density at radius 2 is 1.82 bits per heavy atom. The third-order valence-electron chi connectivity index (χ3n) is 1.04. The lowest BCUT2D eigenvalue weighted by molar-refractivity contribution is -0.214. The zero-order chi connectivity index (χ0) is 8.53. The standard InChI is InChI=1S/C8H8.CH4O2/c1-2-8-6-4-3-5-7-8;1-3-2/h2-7H,1H2;2H,1H3. The van der Waals surface area contributed by atoms with Crippen LogP contribution >= 0.6 is 0 Å². The van der Waals surface area contributed by atoms with Crippen LogP contribution in [0.25, 0.3) is 6.08 Å². The van der Waals surface area contributed by atoms with Crippen molar-refractivity contribution in [1.82, 2.24) is 0 Å². The Bertz CT molecular complexity index is 182. The van der Waals surface area contributed by atoms with Crippen LogP contribution in [0.3, 0.4) is 0 Å². The van der Waals surface area contributed by atoms with E-state index in [0.717, 1.165) is 0 Å². The van der Waals surface area contributed by atoms with Crippen molar-refractivity contribution in [3.63, 3.8) is 0 Å². The quantitative estimate of drug-likeness (QED) is 0.494. The van der Waals surface area contributed by atoms with Crippen LogP contribution in [0.1, 0.15) is 5.56 Å². The van der Waals surface area contributed by atoms with E-state index in [1.54, 1.807) is 0 Å². The summed E-state index contributed by atoms with van der Waals surface area (Å²) in [6, 6.07) is 10.0. The third-order valence-corrected chi connectivity index (χ3v) is 1.04. The van der Waals surface area contributed by atoms with Crippen molar-refractivity contribution in [2.24, 2.45) is 0 Å². The molecule has 11 heavy (non-hydrogen) atoms. The van der Waals surface area contributed by atoms with Gasteiger partial charge in [-0.05, 0) is 5.56 Å². The summed E-state index contributed by atoms with van der Waals surface area (Å²) in [5, 5.41) is 7.07. The molecule has 0 spiro atoms. The van der Waals surface area contributed by atoms with Gasteiger partial charge in [0, 0.05) is 0 Å². The highest BCUT2D eigenvalue weighted by atomic mass is 17.1. The molecule has 2 nitrogen and oxygen atoms in total. The Hall–Kier alpha value is -1.12. The molecule has 0 unspecified atom stereocenters. The maximum absolute atomic E-state index is 7.07. The first kappa shape index (κ1) is 9.88. The Morgan fingerprint density at radius 3 is 2.09 bits per heavy atom. The predicted octanol–water partition coefficient (Wildman–Crippen LogP) is 2.44. The topological polar surface area (TPSA) is 29.5 Å². The second-order valence-corrected chi connectivity index (χ2v) is 1.80. The van der Waals surface area contributed by atoms with Gasteiger partial charge in [-0.3, -0.25) is 5.26 Å². The van der Waals surface area contributed by atoms with E-state index in [-0.39, 0.29) is 0 Å². The summed E-state index contributed by atoms with van der Waals surface area (Å²) >= 11 is 0. The highest BCUT2D eigenvalue weighted by Crippen LogP contribution is 1.97. The van der Waals surface area contributed by atoms with Gasteiger partial charge in [-0.1, -0.05) is 43.0 Å². The summed E-state index contributed by atoms with van der Waals surface area (Å²) in [5.74, 6) is 0. The van der Waals surface area contributed by atoms with Gasteiger partial charge in [0.2, 0.25) is 0 Å². The minimum absolute atomic E-state index is 1.17. The van der Waals surface area contributed by atoms with Gasteiger partial charge in [-0.25, -0.2) is 4.89 Å². The van der Waals surface area contributed by atoms with E-state index >= 15 is 0 Å². The summed E-state index contributed by atoms with van der Waals surface area (Å²) in [4.78, 5) is 3.25. The zero-order valence-electron chi connectivity index (χ0n) is 6.53. The first-order valence-electron chi connectivity index (χ1n) is 3.20. The smallest absolute Gasteiger partial charge is 0.0710 e. The molecule has 1 N–H and O–H groups in total. The van der Waals surface area contributed by atoms with Crippen LogP contribution in [0.4, 0.5) is 0 Å². The molecular formula is C9H12O2. The van der Waals surface area contributed by atoms with Crippen LogP contribution < -0.4 is 0 Å². The minimum Gasteiger partial charge on any atom is -0.252 e. The highest BCUT2D eigenvalue weighted by Gasteiger charge is 1.75. The lowest BCUT2D eigenvalue weighted by Gasteiger charge is -1.85. The monoisotopic (exact) mass is 152 g/mol. The van der Waals surface area contributed by atoms with Crippen LogP contribution in [-0.4, -0.2) is 12.4 Å². The molecule has 0 amide bonds. The number of benzene rings is 1. The van der Waals surface area contributed by atoms with Gasteiger partial charge in [0.05, 0.1) is 7.11 Å². The second kappa shape index (κ2) is 6.99. The van der Waals surface area contributed by atoms with Crippen molar-refractivity contribution >= 4 is 6.08 Å². The minimum atomic E-state index is 1.17. The van der Waals surface area contributed by atoms with Crippen molar-refractivity contribution in [1.29, 1.82) is 0 Å². The van der Waals surface area contributed by atoms with E-state index in [4.69, 9.17) is 5.26 Å². The molecule has 0 aliphatic carbocycles. The van der Waals surface area contributed by atoms with Crippen molar-refractivity contribution < 1.29 is 10.1 Å². The fourth-order valence-corrected chi connectivity index (χ4v) is 0.589. The van der Waals surface area contributed by atoms with E-state index in [2.05, 4.69) is 11.5 Å². The molecule has 0 heterocycles. The van der Waals surface area contributed by atoms with Gasteiger partial charge in [-0.15, -0.1) is 0 Å². The summed E-state index contributed by atoms with van der Waals surface area (Å²) in [6.07, 6.45) is 1.83. The first-order chi connectivity index (χ1) is 5.35. The van der Waals surface area contributed by atoms with Gasteiger partial charge in [0.25, 0.3) is 0 Å². The van der Waals surface area contributed by atoms with Crippen molar-refractivity contribution in [2.75, 3.05) is 7.11 Å². The van der Waals surface area contributed by atoms with E-state index in [9.17, 15) is 0 Å². The maximum atomic E-state index is 7.07. The van der Waals surface area contributed by atoms with E-state index in [1.165, 1.54) is 12.7 Å². The lowest BCUT2D eigenvalue weighted by atomic mass is 10.2. The van der Waals surface area contributed by atoms with E-state index < -0.39 is 0 Å². The lowest BCUT2D eigenvalue weighted by Crippen LogP contribution is -1.63. The Labute approximate surface area is 66.7 Å². The Balaban J connectivity index is 0.000000292. The van der Waals surface area contributed by atoms with Crippen LogP contribution in [0.15, 0.2) is 36.9 Å². The third kappa shape index (κ3) is 5.33. The van der Waals surface area contributed by atoms with Crippen LogP contribution in [0.2, 0.25) is 0 Å². The molecule has 0 aromatic heterocycles. The molecule has 0 saturated heterocycles. The fraction of sp³-hybridized carbons (Fsp3) is 0.111. The zero-order valence-corrected chi connectivity index (χ0v) is 6.53. The van der Waals surface area contributed by atoms with Crippen molar-refractivity contribution in [3.8, 4) is 0 Å². The molecule has 0 fully saturated rings. The maximum Gasteiger partial charge on any atom is 0.0710 e. The van der Waals surface area contributed by atoms with Crippen LogP contribution in [0, 0.1) is 0 Å². The van der Waals surface area contributed by atoms with Crippen molar-refractivity contribution in [2.45, 2.75) is 0 Å². The van der Waals surface area contributed by atoms with Crippen LogP contribution in [-0.2, 0) is 4.89 Å². The summed E-state index contributed by atoms with van der Waals surface area (Å²) < 4.78 is 0. The van der Waals surface area contributed by atoms with E-state index in [0.29, 0.717) is 0 Å². The fourth-order valence-electron chi connectivity index (χ4n) is 0.589. The number of hydrogen-bond donors (Lipinski definition) is 1. The predicted molar refractivity (Wildman–Crippen MR) is 46.2 cm³/mol. The number of hydrogen-bond acceptors (Lipinski definition) is 2. The largest absolute Gasteiger partial charge is 0.252 e. The molecule has 0 radical (unpaired) electrons. The molecule has 1 rings (SSSR count). The number of rotatable bonds is 1. The molecule has 0 aliphatic heterocycles. The summed E-state index contributed by atoms with van der Waals surface area (Å²) in [7, 11) is 1.18. The SMILES string of the molecule is C=Cc1ccccc1.COO. The van der Waals surface area contributed by atoms with Gasteiger partial charge in [0.1, 0.15) is 0 Å². The Morgan fingerprint density at radius 1 is 1.36 bits per heavy atom. The summed E-state index contributed by atoms with van der Waals surface area (Å²) in [6.45, 7) is 3.63. The second-order valence-electron chi connectivity index (χ2n) is 1.80. The Kier molecular flexibility index (Phi) is 6.28. The van der Waals surface area contributed by atoms with Crippen LogP contribution in [0.5, 0.6) is 0 Å². The molecule has 60 valence electrons. The van der Waals surface area contributed by atoms with E-state index in [1.807, 2.05) is 36.4 Å². The average Bonchev–Trinajstić information content (AvgIpc) is 2.08. The molecular weight excluding hydrogens is 140 g/mol. The molecule has 0 bridgehead atoms.